The smallest absolute Gasteiger partial charge is 0.0842 e. The molecule has 0 spiro atoms. The lowest BCUT2D eigenvalue weighted by atomic mass is 10.2. The minimum absolute atomic E-state index is 0.768. The minimum Gasteiger partial charge on any atom is -0.550 e. The fourth-order valence-electron chi connectivity index (χ4n) is 3.02. The van der Waals surface area contributed by atoms with Gasteiger partial charge in [0, 0.05) is 13.2 Å². The number of hydrogen-bond acceptors (Lipinski definition) is 2. The Hall–Kier alpha value is -0.880. The van der Waals surface area contributed by atoms with Crippen LogP contribution in [0.1, 0.15) is 71.8 Å². The Kier molecular flexibility index (Phi) is 13.9. The average molecular weight is 352 g/mol. The third kappa shape index (κ3) is 11.6. The van der Waals surface area contributed by atoms with Crippen molar-refractivity contribution in [3.05, 3.63) is 35.9 Å². The molecule has 2 nitrogen and oxygen atoms in total. The van der Waals surface area contributed by atoms with Gasteiger partial charge >= 0.3 is 0 Å². The Labute approximate surface area is 150 Å². The standard InChI is InChI=1S/C19H34P.C2H4O2/c1-4-7-15-20(16-8-5-2,17-9-6-3)18-19-13-11-10-12-14-19;1-2(3)4/h10-14H,4-9,15-18H2,1-3H3;1H3,(H,3,4)/q+1;/p-1. The Balaban J connectivity index is 0.00000118. The van der Waals surface area contributed by atoms with Crippen LogP contribution in [0.5, 0.6) is 0 Å². The summed E-state index contributed by atoms with van der Waals surface area (Å²) < 4.78 is 0. The molecule has 1 aromatic rings. The molecule has 0 atom stereocenters. The van der Waals surface area contributed by atoms with Gasteiger partial charge in [0.25, 0.3) is 0 Å². The van der Waals surface area contributed by atoms with Crippen LogP contribution in [0.25, 0.3) is 0 Å². The average Bonchev–Trinajstić information content (AvgIpc) is 2.56. The number of benzene rings is 1. The van der Waals surface area contributed by atoms with Gasteiger partial charge in [0.15, 0.2) is 0 Å². The molecule has 1 rings (SSSR count). The molecule has 24 heavy (non-hydrogen) atoms. The van der Waals surface area contributed by atoms with Gasteiger partial charge in [-0.05, 0) is 31.7 Å². The molecule has 0 saturated heterocycles. The Bertz CT molecular complexity index is 391. The van der Waals surface area contributed by atoms with Crippen LogP contribution in [0.4, 0.5) is 0 Å². The van der Waals surface area contributed by atoms with Gasteiger partial charge in [-0.1, -0.05) is 70.4 Å². The minimum atomic E-state index is -1.08. The molecule has 0 aromatic heterocycles. The highest BCUT2D eigenvalue weighted by Gasteiger charge is 2.35. The summed E-state index contributed by atoms with van der Waals surface area (Å²) in [5.74, 6) is -1.08. The van der Waals surface area contributed by atoms with Crippen molar-refractivity contribution in [1.29, 1.82) is 0 Å². The topological polar surface area (TPSA) is 40.1 Å². The van der Waals surface area contributed by atoms with Crippen LogP contribution in [0.15, 0.2) is 30.3 Å². The summed E-state index contributed by atoms with van der Waals surface area (Å²) in [4.78, 5) is 8.89. The maximum absolute atomic E-state index is 8.89. The summed E-state index contributed by atoms with van der Waals surface area (Å²) in [5.41, 5.74) is 1.59. The first-order valence-electron chi connectivity index (χ1n) is 9.56. The van der Waals surface area contributed by atoms with E-state index in [2.05, 4.69) is 51.1 Å². The predicted molar refractivity (Wildman–Crippen MR) is 107 cm³/mol. The summed E-state index contributed by atoms with van der Waals surface area (Å²) in [7, 11) is -0.768. The lowest BCUT2D eigenvalue weighted by Crippen LogP contribution is -2.16. The molecule has 0 fully saturated rings. The summed E-state index contributed by atoms with van der Waals surface area (Å²) in [6.45, 7) is 8.00. The fraction of sp³-hybridized carbons (Fsp3) is 0.667. The molecule has 0 bridgehead atoms. The van der Waals surface area contributed by atoms with Crippen LogP contribution in [0.3, 0.4) is 0 Å². The maximum Gasteiger partial charge on any atom is 0.0842 e. The van der Waals surface area contributed by atoms with Crippen molar-refractivity contribution in [3.63, 3.8) is 0 Å². The number of aliphatic carboxylic acids is 1. The molecule has 0 aliphatic rings. The van der Waals surface area contributed by atoms with Gasteiger partial charge in [0.05, 0.1) is 24.6 Å². The van der Waals surface area contributed by atoms with Crippen molar-refractivity contribution in [3.8, 4) is 0 Å². The molecular weight excluding hydrogens is 315 g/mol. The largest absolute Gasteiger partial charge is 0.550 e. The van der Waals surface area contributed by atoms with Crippen molar-refractivity contribution >= 4 is 13.2 Å². The summed E-state index contributed by atoms with van der Waals surface area (Å²) in [6.07, 6.45) is 14.4. The van der Waals surface area contributed by atoms with Crippen LogP contribution in [-0.2, 0) is 11.0 Å². The highest BCUT2D eigenvalue weighted by molar-refractivity contribution is 7.75. The first-order chi connectivity index (χ1) is 11.5. The first kappa shape index (κ1) is 23.1. The van der Waals surface area contributed by atoms with Gasteiger partial charge in [0.1, 0.15) is 0 Å². The zero-order valence-electron chi connectivity index (χ0n) is 16.2. The third-order valence-electron chi connectivity index (χ3n) is 4.32. The molecule has 0 heterocycles. The molecule has 0 amide bonds. The van der Waals surface area contributed by atoms with E-state index in [1.807, 2.05) is 0 Å². The van der Waals surface area contributed by atoms with Crippen LogP contribution in [0, 0.1) is 0 Å². The van der Waals surface area contributed by atoms with Gasteiger partial charge < -0.3 is 9.90 Å². The fourth-order valence-corrected chi connectivity index (χ4v) is 8.12. The number of carboxylic acids is 1. The number of hydrogen-bond donors (Lipinski definition) is 0. The van der Waals surface area contributed by atoms with Crippen molar-refractivity contribution in [2.24, 2.45) is 0 Å². The number of carboxylic acid groups (broad SMARTS) is 1. The molecule has 0 N–H and O–H groups in total. The normalized spacial score (nSPS) is 10.8. The highest BCUT2D eigenvalue weighted by Crippen LogP contribution is 2.63. The molecule has 0 radical (unpaired) electrons. The van der Waals surface area contributed by atoms with E-state index in [-0.39, 0.29) is 0 Å². The Morgan fingerprint density at radius 3 is 1.58 bits per heavy atom. The van der Waals surface area contributed by atoms with Crippen LogP contribution < -0.4 is 5.11 Å². The van der Waals surface area contributed by atoms with Crippen molar-refractivity contribution in [2.45, 2.75) is 72.4 Å². The first-order valence-corrected chi connectivity index (χ1v) is 12.1. The van der Waals surface area contributed by atoms with Gasteiger partial charge in [-0.15, -0.1) is 0 Å². The molecule has 1 aromatic carbocycles. The van der Waals surface area contributed by atoms with Gasteiger partial charge in [0.2, 0.25) is 0 Å². The van der Waals surface area contributed by atoms with E-state index in [0.717, 1.165) is 6.92 Å². The van der Waals surface area contributed by atoms with Crippen molar-refractivity contribution in [2.75, 3.05) is 18.5 Å². The molecule has 0 aliphatic heterocycles. The van der Waals surface area contributed by atoms with Gasteiger partial charge in [-0.3, -0.25) is 0 Å². The molecule has 138 valence electrons. The molecule has 3 heteroatoms. The van der Waals surface area contributed by atoms with Crippen molar-refractivity contribution in [1.82, 2.24) is 0 Å². The van der Waals surface area contributed by atoms with E-state index >= 15 is 0 Å². The number of carbonyl (C=O) groups excluding carboxylic acids is 1. The van der Waals surface area contributed by atoms with Gasteiger partial charge in [-0.2, -0.15) is 0 Å². The van der Waals surface area contributed by atoms with Crippen molar-refractivity contribution < 1.29 is 9.90 Å². The zero-order chi connectivity index (χ0) is 18.3. The monoisotopic (exact) mass is 352 g/mol. The molecule has 0 unspecified atom stereocenters. The van der Waals surface area contributed by atoms with E-state index in [4.69, 9.17) is 9.90 Å². The lowest BCUT2D eigenvalue weighted by Gasteiger charge is -2.28. The second kappa shape index (κ2) is 14.5. The number of rotatable bonds is 11. The summed E-state index contributed by atoms with van der Waals surface area (Å²) in [6, 6.07) is 11.3. The highest BCUT2D eigenvalue weighted by atomic mass is 31.2. The maximum atomic E-state index is 8.89. The van der Waals surface area contributed by atoms with E-state index < -0.39 is 13.2 Å². The van der Waals surface area contributed by atoms with E-state index in [9.17, 15) is 0 Å². The summed E-state index contributed by atoms with van der Waals surface area (Å²) in [5, 5.41) is 8.89. The van der Waals surface area contributed by atoms with E-state index in [0.29, 0.717) is 0 Å². The molecule has 0 saturated carbocycles. The Morgan fingerprint density at radius 1 is 0.875 bits per heavy atom. The van der Waals surface area contributed by atoms with Gasteiger partial charge in [-0.25, -0.2) is 0 Å². The van der Waals surface area contributed by atoms with E-state index in [1.165, 1.54) is 63.2 Å². The lowest BCUT2D eigenvalue weighted by molar-refractivity contribution is -0.302. The molecule has 0 aliphatic carbocycles. The predicted octanol–water partition coefficient (Wildman–Crippen LogP) is 5.36. The van der Waals surface area contributed by atoms with Crippen LogP contribution >= 0.6 is 7.26 Å². The van der Waals surface area contributed by atoms with Crippen LogP contribution in [0.2, 0.25) is 0 Å². The third-order valence-corrected chi connectivity index (χ3v) is 9.15. The SMILES string of the molecule is CC(=O)[O-].CCCC[P+](CCCC)(CCCC)Cc1ccccc1. The number of unbranched alkanes of at least 4 members (excludes halogenated alkanes) is 3. The van der Waals surface area contributed by atoms with E-state index in [1.54, 1.807) is 5.56 Å². The Morgan fingerprint density at radius 2 is 1.25 bits per heavy atom. The summed E-state index contributed by atoms with van der Waals surface area (Å²) >= 11 is 0. The zero-order valence-corrected chi connectivity index (χ0v) is 17.1. The van der Waals surface area contributed by atoms with Crippen LogP contribution in [-0.4, -0.2) is 24.5 Å². The second-order valence-electron chi connectivity index (χ2n) is 6.71. The quantitative estimate of drug-likeness (QED) is 0.503. The second-order valence-corrected chi connectivity index (χ2v) is 11.0. The number of carbonyl (C=O) groups is 1. The molecular formula is C21H37O2P.